The number of hydrogen-bond donors (Lipinski definition) is 2. The van der Waals surface area contributed by atoms with Crippen molar-refractivity contribution in [3.8, 4) is 0 Å². The molecule has 0 unspecified atom stereocenters. The van der Waals surface area contributed by atoms with Crippen molar-refractivity contribution < 1.29 is 13.2 Å². The fourth-order valence-corrected chi connectivity index (χ4v) is 1.59. The molecule has 0 aliphatic heterocycles. The Morgan fingerprint density at radius 2 is 2.17 bits per heavy atom. The number of carbonyl (C=O) groups is 1. The highest BCUT2D eigenvalue weighted by Crippen LogP contribution is 2.00. The first-order chi connectivity index (χ1) is 8.26. The maximum Gasteiger partial charge on any atom is 0.243 e. The number of aromatic nitrogens is 3. The molecule has 1 amide bonds. The van der Waals surface area contributed by atoms with Crippen molar-refractivity contribution in [3.05, 3.63) is 6.20 Å². The molecule has 0 saturated carbocycles. The smallest absolute Gasteiger partial charge is 0.243 e. The van der Waals surface area contributed by atoms with Gasteiger partial charge in [0.05, 0.1) is 12.5 Å². The van der Waals surface area contributed by atoms with E-state index >= 15 is 0 Å². The molecule has 1 rings (SSSR count). The summed E-state index contributed by atoms with van der Waals surface area (Å²) in [5.41, 5.74) is 0. The summed E-state index contributed by atoms with van der Waals surface area (Å²) in [5.74, 6) is 0.237. The average Bonchev–Trinajstić information content (AvgIpc) is 2.59. The van der Waals surface area contributed by atoms with Gasteiger partial charge >= 0.3 is 0 Å². The predicted molar refractivity (Wildman–Crippen MR) is 66.3 cm³/mol. The molecule has 1 heterocycles. The van der Waals surface area contributed by atoms with E-state index in [-0.39, 0.29) is 18.3 Å². The molecule has 0 bridgehead atoms. The second kappa shape index (κ2) is 5.80. The Bertz CT molecular complexity index is 508. The Hall–Kier alpha value is -1.64. The van der Waals surface area contributed by atoms with E-state index in [1.54, 1.807) is 0 Å². The molecular weight excluding hydrogens is 258 g/mol. The normalized spacial score (nSPS) is 11.6. The topological polar surface area (TPSA) is 106 Å². The highest BCUT2D eigenvalue weighted by molar-refractivity contribution is 7.92. The summed E-state index contributed by atoms with van der Waals surface area (Å²) in [4.78, 5) is 12.6. The van der Waals surface area contributed by atoms with Crippen molar-refractivity contribution in [1.29, 1.82) is 0 Å². The molecule has 102 valence electrons. The molecule has 0 fully saturated rings. The third-order valence-electron chi connectivity index (χ3n) is 1.82. The number of anilines is 1. The van der Waals surface area contributed by atoms with Gasteiger partial charge in [-0.3, -0.25) is 9.52 Å². The third kappa shape index (κ3) is 5.62. The SMILES string of the molecule is CC(C)CNC(=O)Cn1ncc(NS(C)(=O)=O)n1. The van der Waals surface area contributed by atoms with Crippen LogP contribution in [0.5, 0.6) is 0 Å². The Balaban J connectivity index is 2.51. The van der Waals surface area contributed by atoms with Crippen LogP contribution in [0.15, 0.2) is 6.20 Å². The number of hydrogen-bond acceptors (Lipinski definition) is 5. The summed E-state index contributed by atoms with van der Waals surface area (Å²) in [5, 5.41) is 10.3. The molecule has 1 aromatic heterocycles. The Labute approximate surface area is 106 Å². The maximum atomic E-state index is 11.5. The molecule has 0 aliphatic rings. The Morgan fingerprint density at radius 3 is 2.72 bits per heavy atom. The van der Waals surface area contributed by atoms with E-state index in [0.717, 1.165) is 11.1 Å². The second-order valence-electron chi connectivity index (χ2n) is 4.33. The first-order valence-electron chi connectivity index (χ1n) is 5.41. The molecule has 18 heavy (non-hydrogen) atoms. The molecule has 0 aromatic carbocycles. The van der Waals surface area contributed by atoms with Gasteiger partial charge in [-0.25, -0.2) is 8.42 Å². The standard InChI is InChI=1S/C9H17N5O3S/c1-7(2)4-10-9(15)6-14-11-5-8(12-14)13-18(3,16)17/h5,7H,4,6H2,1-3H3,(H,10,15)(H,12,13). The largest absolute Gasteiger partial charge is 0.354 e. The van der Waals surface area contributed by atoms with E-state index in [1.165, 1.54) is 6.20 Å². The molecule has 0 aliphatic carbocycles. The highest BCUT2D eigenvalue weighted by atomic mass is 32.2. The monoisotopic (exact) mass is 275 g/mol. The lowest BCUT2D eigenvalue weighted by Crippen LogP contribution is -2.31. The highest BCUT2D eigenvalue weighted by Gasteiger charge is 2.09. The van der Waals surface area contributed by atoms with E-state index < -0.39 is 10.0 Å². The zero-order chi connectivity index (χ0) is 13.8. The molecule has 1 aromatic rings. The van der Waals surface area contributed by atoms with Crippen LogP contribution < -0.4 is 10.0 Å². The molecule has 8 nitrogen and oxygen atoms in total. The fraction of sp³-hybridized carbons (Fsp3) is 0.667. The van der Waals surface area contributed by atoms with Crippen molar-refractivity contribution in [2.45, 2.75) is 20.4 Å². The zero-order valence-electron chi connectivity index (χ0n) is 10.5. The third-order valence-corrected chi connectivity index (χ3v) is 2.40. The number of sulfonamides is 1. The van der Waals surface area contributed by atoms with Crippen LogP contribution in [0.3, 0.4) is 0 Å². The molecular formula is C9H17N5O3S. The van der Waals surface area contributed by atoms with Crippen molar-refractivity contribution in [2.24, 2.45) is 5.92 Å². The zero-order valence-corrected chi connectivity index (χ0v) is 11.4. The summed E-state index contributed by atoms with van der Waals surface area (Å²) in [6, 6.07) is 0. The molecule has 9 heteroatoms. The number of rotatable bonds is 6. The van der Waals surface area contributed by atoms with Crippen LogP contribution in [0.4, 0.5) is 5.82 Å². The van der Waals surface area contributed by atoms with Gasteiger partial charge in [-0.2, -0.15) is 9.90 Å². The van der Waals surface area contributed by atoms with Gasteiger partial charge in [0.25, 0.3) is 0 Å². The quantitative estimate of drug-likeness (QED) is 0.722. The van der Waals surface area contributed by atoms with Crippen molar-refractivity contribution in [1.82, 2.24) is 20.3 Å². The first-order valence-corrected chi connectivity index (χ1v) is 7.30. The summed E-state index contributed by atoms with van der Waals surface area (Å²) < 4.78 is 24.1. The van der Waals surface area contributed by atoms with E-state index in [2.05, 4.69) is 20.2 Å². The minimum atomic E-state index is -3.38. The number of amides is 1. The van der Waals surface area contributed by atoms with E-state index in [4.69, 9.17) is 0 Å². The molecule has 0 radical (unpaired) electrons. The number of nitrogens with one attached hydrogen (secondary N) is 2. The maximum absolute atomic E-state index is 11.5. The predicted octanol–water partition coefficient (Wildman–Crippen LogP) is -0.578. The van der Waals surface area contributed by atoms with Gasteiger partial charge in [0.2, 0.25) is 15.9 Å². The van der Waals surface area contributed by atoms with Crippen molar-refractivity contribution in [3.63, 3.8) is 0 Å². The van der Waals surface area contributed by atoms with E-state index in [9.17, 15) is 13.2 Å². The number of nitrogens with zero attached hydrogens (tertiary/aromatic N) is 3. The van der Waals surface area contributed by atoms with Crippen LogP contribution in [0, 0.1) is 5.92 Å². The molecule has 2 N–H and O–H groups in total. The van der Waals surface area contributed by atoms with Gasteiger partial charge in [0, 0.05) is 6.54 Å². The van der Waals surface area contributed by atoms with Gasteiger partial charge in [-0.1, -0.05) is 13.8 Å². The molecule has 0 atom stereocenters. The fourth-order valence-electron chi connectivity index (χ4n) is 1.11. The van der Waals surface area contributed by atoms with Gasteiger partial charge in [-0.15, -0.1) is 5.10 Å². The summed E-state index contributed by atoms with van der Waals surface area (Å²) in [6.45, 7) is 4.51. The number of carbonyl (C=O) groups excluding carboxylic acids is 1. The van der Waals surface area contributed by atoms with Crippen LogP contribution in [-0.2, 0) is 21.4 Å². The lowest BCUT2D eigenvalue weighted by Gasteiger charge is -2.06. The van der Waals surface area contributed by atoms with Gasteiger partial charge in [-0.05, 0) is 5.92 Å². The average molecular weight is 275 g/mol. The second-order valence-corrected chi connectivity index (χ2v) is 6.08. The molecule has 0 saturated heterocycles. The Morgan fingerprint density at radius 1 is 1.50 bits per heavy atom. The summed E-state index contributed by atoms with van der Waals surface area (Å²) in [7, 11) is -3.38. The van der Waals surface area contributed by atoms with Crippen LogP contribution >= 0.6 is 0 Å². The van der Waals surface area contributed by atoms with Crippen LogP contribution in [0.2, 0.25) is 0 Å². The van der Waals surface area contributed by atoms with Crippen molar-refractivity contribution >= 4 is 21.7 Å². The van der Waals surface area contributed by atoms with E-state index in [1.807, 2.05) is 13.8 Å². The van der Waals surface area contributed by atoms with Gasteiger partial charge < -0.3 is 5.32 Å². The first kappa shape index (κ1) is 14.4. The van der Waals surface area contributed by atoms with Crippen LogP contribution in [-0.4, -0.2) is 42.1 Å². The van der Waals surface area contributed by atoms with E-state index in [0.29, 0.717) is 12.5 Å². The minimum absolute atomic E-state index is 0.0435. The summed E-state index contributed by atoms with van der Waals surface area (Å²) >= 11 is 0. The van der Waals surface area contributed by atoms with Crippen LogP contribution in [0.25, 0.3) is 0 Å². The minimum Gasteiger partial charge on any atom is -0.354 e. The van der Waals surface area contributed by atoms with Gasteiger partial charge in [0.1, 0.15) is 6.54 Å². The van der Waals surface area contributed by atoms with Crippen molar-refractivity contribution in [2.75, 3.05) is 17.5 Å². The summed E-state index contributed by atoms with van der Waals surface area (Å²) in [6.07, 6.45) is 2.26. The van der Waals surface area contributed by atoms with Crippen LogP contribution in [0.1, 0.15) is 13.8 Å². The lowest BCUT2D eigenvalue weighted by molar-refractivity contribution is -0.122. The lowest BCUT2D eigenvalue weighted by atomic mass is 10.2. The Kier molecular flexibility index (Phi) is 4.65. The van der Waals surface area contributed by atoms with Gasteiger partial charge in [0.15, 0.2) is 5.82 Å². The molecule has 0 spiro atoms.